The highest BCUT2D eigenvalue weighted by Gasteiger charge is 2.39. The molecule has 0 bridgehead atoms. The number of alkyl halides is 1. The van der Waals surface area contributed by atoms with Gasteiger partial charge in [-0.25, -0.2) is 4.98 Å². The zero-order valence-electron chi connectivity index (χ0n) is 12.0. The molecule has 1 aromatic heterocycles. The van der Waals surface area contributed by atoms with E-state index >= 15 is 0 Å². The number of aryl methyl sites for hydroxylation is 1. The minimum atomic E-state index is -0.370. The van der Waals surface area contributed by atoms with Gasteiger partial charge in [0, 0.05) is 23.0 Å². The van der Waals surface area contributed by atoms with E-state index in [9.17, 15) is 4.79 Å². The Morgan fingerprint density at radius 1 is 1.47 bits per heavy atom. The van der Waals surface area contributed by atoms with Gasteiger partial charge < -0.3 is 0 Å². The monoisotopic (exact) mass is 324 g/mol. The van der Waals surface area contributed by atoms with E-state index in [1.165, 1.54) is 0 Å². The molecule has 0 aromatic carbocycles. The SMILES string of the molecule is Cc1cc(CBr)cnc1N(C(=O)C(C)(C)C)C1CC1. The maximum Gasteiger partial charge on any atom is 0.233 e. The van der Waals surface area contributed by atoms with Crippen LogP contribution in [0.4, 0.5) is 5.82 Å². The van der Waals surface area contributed by atoms with Crippen molar-refractivity contribution in [1.29, 1.82) is 0 Å². The fourth-order valence-electron chi connectivity index (χ4n) is 2.08. The minimum Gasteiger partial charge on any atom is -0.293 e. The van der Waals surface area contributed by atoms with Crippen molar-refractivity contribution in [2.75, 3.05) is 4.90 Å². The number of amides is 1. The summed E-state index contributed by atoms with van der Waals surface area (Å²) in [6, 6.07) is 2.44. The molecule has 0 atom stereocenters. The molecule has 1 aliphatic carbocycles. The number of hydrogen-bond donors (Lipinski definition) is 0. The molecule has 1 aliphatic rings. The summed E-state index contributed by atoms with van der Waals surface area (Å²) < 4.78 is 0. The van der Waals surface area contributed by atoms with E-state index in [0.29, 0.717) is 6.04 Å². The molecule has 19 heavy (non-hydrogen) atoms. The molecule has 1 fully saturated rings. The van der Waals surface area contributed by atoms with Gasteiger partial charge in [-0.3, -0.25) is 9.69 Å². The first-order valence-electron chi connectivity index (χ1n) is 6.69. The van der Waals surface area contributed by atoms with E-state index in [1.54, 1.807) is 0 Å². The van der Waals surface area contributed by atoms with Crippen molar-refractivity contribution in [3.8, 4) is 0 Å². The topological polar surface area (TPSA) is 33.2 Å². The number of carbonyl (C=O) groups excluding carboxylic acids is 1. The molecular formula is C15H21BrN2O. The van der Waals surface area contributed by atoms with Gasteiger partial charge >= 0.3 is 0 Å². The fourth-order valence-corrected chi connectivity index (χ4v) is 2.39. The highest BCUT2D eigenvalue weighted by molar-refractivity contribution is 9.08. The summed E-state index contributed by atoms with van der Waals surface area (Å²) in [7, 11) is 0. The van der Waals surface area contributed by atoms with Gasteiger partial charge in [0.2, 0.25) is 5.91 Å². The van der Waals surface area contributed by atoms with Crippen LogP contribution in [-0.2, 0) is 10.1 Å². The number of carbonyl (C=O) groups is 1. The van der Waals surface area contributed by atoms with Crippen LogP contribution in [0.5, 0.6) is 0 Å². The lowest BCUT2D eigenvalue weighted by atomic mass is 9.94. The normalized spacial score (nSPS) is 15.4. The average molecular weight is 325 g/mol. The summed E-state index contributed by atoms with van der Waals surface area (Å²) in [4.78, 5) is 19.1. The number of pyridine rings is 1. The third-order valence-corrected chi connectivity index (χ3v) is 3.91. The molecule has 1 heterocycles. The maximum absolute atomic E-state index is 12.6. The zero-order valence-corrected chi connectivity index (χ0v) is 13.6. The van der Waals surface area contributed by atoms with Gasteiger partial charge in [-0.2, -0.15) is 0 Å². The molecule has 0 spiro atoms. The van der Waals surface area contributed by atoms with Gasteiger partial charge in [-0.15, -0.1) is 0 Å². The Hall–Kier alpha value is -0.900. The number of aromatic nitrogens is 1. The van der Waals surface area contributed by atoms with Crippen molar-refractivity contribution in [2.24, 2.45) is 5.41 Å². The summed E-state index contributed by atoms with van der Waals surface area (Å²) in [5.41, 5.74) is 1.84. The van der Waals surface area contributed by atoms with Crippen molar-refractivity contribution in [3.05, 3.63) is 23.4 Å². The second-order valence-corrected chi connectivity index (χ2v) is 6.83. The highest BCUT2D eigenvalue weighted by atomic mass is 79.9. The summed E-state index contributed by atoms with van der Waals surface area (Å²) in [6.45, 7) is 7.92. The van der Waals surface area contributed by atoms with Crippen molar-refractivity contribution in [3.63, 3.8) is 0 Å². The van der Waals surface area contributed by atoms with E-state index in [2.05, 4.69) is 27.0 Å². The molecule has 2 rings (SSSR count). The van der Waals surface area contributed by atoms with E-state index in [-0.39, 0.29) is 11.3 Å². The van der Waals surface area contributed by atoms with E-state index in [4.69, 9.17) is 0 Å². The van der Waals surface area contributed by atoms with Crippen LogP contribution in [-0.4, -0.2) is 16.9 Å². The van der Waals surface area contributed by atoms with Gasteiger partial charge in [0.1, 0.15) is 5.82 Å². The van der Waals surface area contributed by atoms with Crippen LogP contribution in [0.15, 0.2) is 12.3 Å². The summed E-state index contributed by atoms with van der Waals surface area (Å²) >= 11 is 3.43. The molecule has 0 unspecified atom stereocenters. The predicted octanol–water partition coefficient (Wildman–Crippen LogP) is 3.83. The molecule has 0 aliphatic heterocycles. The van der Waals surface area contributed by atoms with Crippen LogP contribution < -0.4 is 4.90 Å². The van der Waals surface area contributed by atoms with Crippen molar-refractivity contribution < 1.29 is 4.79 Å². The van der Waals surface area contributed by atoms with Gasteiger partial charge in [0.25, 0.3) is 0 Å². The third kappa shape index (κ3) is 3.16. The molecule has 1 amide bonds. The number of anilines is 1. The van der Waals surface area contributed by atoms with Gasteiger partial charge in [-0.1, -0.05) is 42.8 Å². The Morgan fingerprint density at radius 2 is 2.11 bits per heavy atom. The molecule has 1 saturated carbocycles. The van der Waals surface area contributed by atoms with Crippen molar-refractivity contribution in [1.82, 2.24) is 4.98 Å². The van der Waals surface area contributed by atoms with Crippen LogP contribution in [0.2, 0.25) is 0 Å². The zero-order chi connectivity index (χ0) is 14.2. The molecule has 1 aromatic rings. The Bertz CT molecular complexity index is 489. The Balaban J connectivity index is 2.37. The maximum atomic E-state index is 12.6. The third-order valence-electron chi connectivity index (χ3n) is 3.26. The highest BCUT2D eigenvalue weighted by Crippen LogP contribution is 2.35. The fraction of sp³-hybridized carbons (Fsp3) is 0.600. The van der Waals surface area contributed by atoms with Crippen LogP contribution in [0, 0.1) is 12.3 Å². The lowest BCUT2D eigenvalue weighted by molar-refractivity contribution is -0.125. The quantitative estimate of drug-likeness (QED) is 0.792. The number of halogens is 1. The van der Waals surface area contributed by atoms with E-state index in [0.717, 1.165) is 35.1 Å². The standard InChI is InChI=1S/C15H21BrN2O/c1-10-7-11(8-16)9-17-13(10)18(12-5-6-12)14(19)15(2,3)4/h7,9,12H,5-6,8H2,1-4H3. The first-order chi connectivity index (χ1) is 8.84. The smallest absolute Gasteiger partial charge is 0.233 e. The number of nitrogens with zero attached hydrogens (tertiary/aromatic N) is 2. The van der Waals surface area contributed by atoms with Gasteiger partial charge in [0.15, 0.2) is 0 Å². The Kier molecular flexibility index (Phi) is 4.00. The van der Waals surface area contributed by atoms with Crippen LogP contribution in [0.25, 0.3) is 0 Å². The van der Waals surface area contributed by atoms with Gasteiger partial charge in [0.05, 0.1) is 0 Å². The summed E-state index contributed by atoms with van der Waals surface area (Å²) in [5.74, 6) is 0.990. The molecule has 0 N–H and O–H groups in total. The van der Waals surface area contributed by atoms with Crippen molar-refractivity contribution in [2.45, 2.75) is 51.9 Å². The van der Waals surface area contributed by atoms with Crippen LogP contribution in [0.1, 0.15) is 44.7 Å². The second-order valence-electron chi connectivity index (χ2n) is 6.27. The molecule has 0 radical (unpaired) electrons. The van der Waals surface area contributed by atoms with Gasteiger partial charge in [-0.05, 0) is 30.9 Å². The molecule has 4 heteroatoms. The first-order valence-corrected chi connectivity index (χ1v) is 7.82. The average Bonchev–Trinajstić information content (AvgIpc) is 3.14. The molecular weight excluding hydrogens is 304 g/mol. The number of hydrogen-bond acceptors (Lipinski definition) is 2. The molecule has 104 valence electrons. The lowest BCUT2D eigenvalue weighted by Gasteiger charge is -2.30. The Morgan fingerprint density at radius 3 is 2.53 bits per heavy atom. The second kappa shape index (κ2) is 5.23. The predicted molar refractivity (Wildman–Crippen MR) is 81.6 cm³/mol. The van der Waals surface area contributed by atoms with Crippen molar-refractivity contribution >= 4 is 27.7 Å². The Labute approximate surface area is 123 Å². The van der Waals surface area contributed by atoms with E-state index in [1.807, 2.05) is 38.8 Å². The summed E-state index contributed by atoms with van der Waals surface area (Å²) in [6.07, 6.45) is 4.02. The first kappa shape index (κ1) is 14.5. The largest absolute Gasteiger partial charge is 0.293 e. The minimum absolute atomic E-state index is 0.164. The number of rotatable bonds is 3. The molecule has 0 saturated heterocycles. The van der Waals surface area contributed by atoms with E-state index < -0.39 is 0 Å². The molecule has 3 nitrogen and oxygen atoms in total. The lowest BCUT2D eigenvalue weighted by Crippen LogP contribution is -2.42. The van der Waals surface area contributed by atoms with Crippen LogP contribution >= 0.6 is 15.9 Å². The summed E-state index contributed by atoms with van der Waals surface area (Å²) in [5, 5.41) is 0.789. The van der Waals surface area contributed by atoms with Crippen LogP contribution in [0.3, 0.4) is 0 Å².